The summed E-state index contributed by atoms with van der Waals surface area (Å²) >= 11 is 0.786. The molecule has 0 saturated heterocycles. The Labute approximate surface area is 141 Å². The molecule has 1 aromatic rings. The van der Waals surface area contributed by atoms with Gasteiger partial charge in [-0.3, -0.25) is 0 Å². The zero-order valence-corrected chi connectivity index (χ0v) is 15.9. The Morgan fingerprint density at radius 1 is 1.48 bits per heavy atom. The predicted octanol–water partition coefficient (Wildman–Crippen LogP) is 1.24. The molecule has 2 heterocycles. The second kappa shape index (κ2) is 6.50. The number of sulfonamides is 1. The van der Waals surface area contributed by atoms with Gasteiger partial charge in [-0.25, -0.2) is 8.42 Å². The third kappa shape index (κ3) is 3.59. The number of fused-ring (bicyclic) bond motifs is 1. The molecule has 1 aliphatic rings. The van der Waals surface area contributed by atoms with Gasteiger partial charge in [-0.1, -0.05) is 6.92 Å². The molecule has 0 spiro atoms. The number of rotatable bonds is 5. The maximum absolute atomic E-state index is 12.5. The van der Waals surface area contributed by atoms with Gasteiger partial charge in [0, 0.05) is 25.7 Å². The molecule has 1 aliphatic heterocycles. The number of thiophene rings is 1. The van der Waals surface area contributed by atoms with E-state index in [1.54, 1.807) is 21.0 Å². The SMILES string of the molecule is CCN[C@H]1CC(C)S(=O)(=O)c2sc(S(=O)(=O)N=CN(C)C)cc21. The first-order chi connectivity index (χ1) is 10.6. The number of nitrogens with one attached hydrogen (secondary N) is 1. The van der Waals surface area contributed by atoms with Crippen molar-refractivity contribution >= 4 is 37.5 Å². The van der Waals surface area contributed by atoms with Gasteiger partial charge in [0.15, 0.2) is 9.84 Å². The number of nitrogens with zero attached hydrogens (tertiary/aromatic N) is 2. The summed E-state index contributed by atoms with van der Waals surface area (Å²) in [5, 5.41) is 2.68. The van der Waals surface area contributed by atoms with E-state index in [1.807, 2.05) is 6.92 Å². The molecule has 1 unspecified atom stereocenters. The van der Waals surface area contributed by atoms with Gasteiger partial charge in [-0.2, -0.15) is 8.42 Å². The number of hydrogen-bond donors (Lipinski definition) is 1. The van der Waals surface area contributed by atoms with Crippen LogP contribution in [-0.4, -0.2) is 54.0 Å². The zero-order valence-electron chi connectivity index (χ0n) is 13.5. The normalized spacial score (nSPS) is 23.8. The van der Waals surface area contributed by atoms with Crippen LogP contribution in [0.25, 0.3) is 0 Å². The molecule has 0 saturated carbocycles. The Hall–Kier alpha value is -0.970. The van der Waals surface area contributed by atoms with Gasteiger partial charge in [0.1, 0.15) is 14.8 Å². The Bertz CT molecular complexity index is 810. The van der Waals surface area contributed by atoms with Crippen LogP contribution in [0, 0.1) is 0 Å². The molecule has 130 valence electrons. The minimum absolute atomic E-state index is 0.0406. The van der Waals surface area contributed by atoms with E-state index in [1.165, 1.54) is 17.3 Å². The molecule has 0 amide bonds. The summed E-state index contributed by atoms with van der Waals surface area (Å²) in [7, 11) is -4.08. The minimum Gasteiger partial charge on any atom is -0.368 e. The standard InChI is InChI=1S/C13H21N3O4S3/c1-5-14-11-6-9(2)22(17,18)13-10(11)7-12(21-13)23(19,20)15-8-16(3)4/h7-9,11,14H,5-6H2,1-4H3/t9?,11-/m0/s1. The Morgan fingerprint density at radius 3 is 2.70 bits per heavy atom. The van der Waals surface area contributed by atoms with Crippen LogP contribution in [0.2, 0.25) is 0 Å². The topological polar surface area (TPSA) is 95.9 Å². The maximum atomic E-state index is 12.5. The predicted molar refractivity (Wildman–Crippen MR) is 91.4 cm³/mol. The van der Waals surface area contributed by atoms with E-state index in [2.05, 4.69) is 9.71 Å². The smallest absolute Gasteiger partial charge is 0.293 e. The minimum atomic E-state index is -3.90. The second-order valence-corrected chi connectivity index (χ2v) is 11.1. The quantitative estimate of drug-likeness (QED) is 0.611. The highest BCUT2D eigenvalue weighted by atomic mass is 32.3. The van der Waals surface area contributed by atoms with Crippen molar-refractivity contribution in [2.75, 3.05) is 20.6 Å². The molecule has 2 rings (SSSR count). The summed E-state index contributed by atoms with van der Waals surface area (Å²) in [6.07, 6.45) is 1.62. The van der Waals surface area contributed by atoms with E-state index < -0.39 is 25.1 Å². The van der Waals surface area contributed by atoms with Crippen molar-refractivity contribution in [3.05, 3.63) is 11.6 Å². The third-order valence-corrected chi connectivity index (χ3v) is 9.13. The average Bonchev–Trinajstić information content (AvgIpc) is 2.90. The molecular formula is C13H21N3O4S3. The van der Waals surface area contributed by atoms with Gasteiger partial charge in [0.05, 0.1) is 5.25 Å². The van der Waals surface area contributed by atoms with Gasteiger partial charge in [-0.05, 0) is 26.0 Å². The van der Waals surface area contributed by atoms with Crippen LogP contribution in [0.5, 0.6) is 0 Å². The maximum Gasteiger partial charge on any atom is 0.293 e. The van der Waals surface area contributed by atoms with Crippen LogP contribution < -0.4 is 5.32 Å². The highest BCUT2D eigenvalue weighted by Gasteiger charge is 2.39. The summed E-state index contributed by atoms with van der Waals surface area (Å²) in [5.41, 5.74) is 0.536. The number of sulfone groups is 1. The largest absolute Gasteiger partial charge is 0.368 e. The van der Waals surface area contributed by atoms with E-state index in [0.29, 0.717) is 18.5 Å². The lowest BCUT2D eigenvalue weighted by Gasteiger charge is -2.27. The Morgan fingerprint density at radius 2 is 2.13 bits per heavy atom. The van der Waals surface area contributed by atoms with Crippen LogP contribution in [0.15, 0.2) is 18.9 Å². The lowest BCUT2D eigenvalue weighted by molar-refractivity contribution is 0.477. The molecule has 0 bridgehead atoms. The van der Waals surface area contributed by atoms with E-state index in [-0.39, 0.29) is 14.5 Å². The molecule has 10 heteroatoms. The molecule has 1 N–H and O–H groups in total. The molecule has 2 atom stereocenters. The highest BCUT2D eigenvalue weighted by molar-refractivity contribution is 7.96. The Kier molecular flexibility index (Phi) is 5.19. The third-order valence-electron chi connectivity index (χ3n) is 3.56. The van der Waals surface area contributed by atoms with Crippen LogP contribution in [-0.2, 0) is 19.9 Å². The van der Waals surface area contributed by atoms with Crippen LogP contribution in [0.1, 0.15) is 31.9 Å². The Balaban J connectivity index is 2.55. The lowest BCUT2D eigenvalue weighted by Crippen LogP contribution is -2.33. The van der Waals surface area contributed by atoms with Crippen molar-refractivity contribution < 1.29 is 16.8 Å². The van der Waals surface area contributed by atoms with Crippen LogP contribution in [0.3, 0.4) is 0 Å². The molecule has 0 radical (unpaired) electrons. The molecule has 7 nitrogen and oxygen atoms in total. The molecule has 0 aromatic carbocycles. The summed E-state index contributed by atoms with van der Waals surface area (Å²) in [6, 6.07) is 1.28. The van der Waals surface area contributed by atoms with Crippen molar-refractivity contribution in [2.24, 2.45) is 4.40 Å². The summed E-state index contributed by atoms with van der Waals surface area (Å²) in [5.74, 6) is 0. The second-order valence-electron chi connectivity index (χ2n) is 5.67. The first-order valence-corrected chi connectivity index (χ1v) is 11.0. The van der Waals surface area contributed by atoms with E-state index in [9.17, 15) is 16.8 Å². The zero-order chi connectivity index (χ0) is 17.4. The van der Waals surface area contributed by atoms with Crippen LogP contribution >= 0.6 is 11.3 Å². The van der Waals surface area contributed by atoms with Gasteiger partial charge < -0.3 is 10.2 Å². The fraction of sp³-hybridized carbons (Fsp3) is 0.615. The summed E-state index contributed by atoms with van der Waals surface area (Å²) < 4.78 is 53.2. The van der Waals surface area contributed by atoms with Crippen LogP contribution in [0.4, 0.5) is 0 Å². The molecule has 0 fully saturated rings. The molecular weight excluding hydrogens is 358 g/mol. The van der Waals surface area contributed by atoms with Gasteiger partial charge in [0.2, 0.25) is 0 Å². The molecule has 1 aromatic heterocycles. The van der Waals surface area contributed by atoms with Crippen molar-refractivity contribution in [1.29, 1.82) is 0 Å². The molecule has 0 aliphatic carbocycles. The van der Waals surface area contributed by atoms with Crippen molar-refractivity contribution in [3.63, 3.8) is 0 Å². The van der Waals surface area contributed by atoms with E-state index in [4.69, 9.17) is 0 Å². The van der Waals surface area contributed by atoms with Crippen molar-refractivity contribution in [1.82, 2.24) is 10.2 Å². The fourth-order valence-electron chi connectivity index (χ4n) is 2.37. The summed E-state index contributed by atoms with van der Waals surface area (Å²) in [6.45, 7) is 4.26. The van der Waals surface area contributed by atoms with E-state index >= 15 is 0 Å². The first kappa shape index (κ1) is 18.4. The van der Waals surface area contributed by atoms with Crippen molar-refractivity contribution in [3.8, 4) is 0 Å². The highest BCUT2D eigenvalue weighted by Crippen LogP contribution is 2.43. The summed E-state index contributed by atoms with van der Waals surface area (Å²) in [4.78, 5) is 1.51. The molecule has 23 heavy (non-hydrogen) atoms. The van der Waals surface area contributed by atoms with Gasteiger partial charge in [-0.15, -0.1) is 15.7 Å². The van der Waals surface area contributed by atoms with E-state index in [0.717, 1.165) is 11.3 Å². The van der Waals surface area contributed by atoms with Gasteiger partial charge in [0.25, 0.3) is 10.0 Å². The lowest BCUT2D eigenvalue weighted by atomic mass is 10.1. The van der Waals surface area contributed by atoms with Crippen molar-refractivity contribution in [2.45, 2.75) is 40.0 Å². The monoisotopic (exact) mass is 379 g/mol. The first-order valence-electron chi connectivity index (χ1n) is 7.17. The number of hydrogen-bond acceptors (Lipinski definition) is 6. The fourth-order valence-corrected chi connectivity index (χ4v) is 7.28. The average molecular weight is 380 g/mol. The van der Waals surface area contributed by atoms with Gasteiger partial charge >= 0.3 is 0 Å².